The van der Waals surface area contributed by atoms with Crippen molar-refractivity contribution >= 4 is 29.1 Å². The summed E-state index contributed by atoms with van der Waals surface area (Å²) < 4.78 is 31.6. The van der Waals surface area contributed by atoms with Crippen molar-refractivity contribution in [3.05, 3.63) is 83.4 Å². The predicted molar refractivity (Wildman–Crippen MR) is 120 cm³/mol. The number of halogens is 2. The minimum absolute atomic E-state index is 0.0800. The molecule has 0 atom stereocenters. The molecule has 3 aromatic rings. The number of aromatic hydroxyl groups is 1. The van der Waals surface area contributed by atoms with Crippen LogP contribution >= 0.6 is 0 Å². The molecule has 0 radical (unpaired) electrons. The Labute approximate surface area is 192 Å². The number of benzene rings is 3. The molecule has 11 heteroatoms. The Morgan fingerprint density at radius 2 is 1.50 bits per heavy atom. The molecule has 0 spiro atoms. The zero-order valence-electron chi connectivity index (χ0n) is 17.8. The summed E-state index contributed by atoms with van der Waals surface area (Å²) in [6.45, 7) is -0.135. The highest BCUT2D eigenvalue weighted by Gasteiger charge is 2.15. The second-order valence-electron chi connectivity index (χ2n) is 6.93. The van der Waals surface area contributed by atoms with Gasteiger partial charge >= 0.3 is 0 Å². The number of hydrogen-bond donors (Lipinski definition) is 5. The molecule has 3 amide bonds. The van der Waals surface area contributed by atoms with E-state index in [2.05, 4.69) is 21.5 Å². The summed E-state index contributed by atoms with van der Waals surface area (Å²) in [4.78, 5) is 36.4. The van der Waals surface area contributed by atoms with Crippen LogP contribution in [-0.2, 0) is 4.79 Å². The van der Waals surface area contributed by atoms with E-state index in [4.69, 9.17) is 4.74 Å². The van der Waals surface area contributed by atoms with Gasteiger partial charge in [0.2, 0.25) is 0 Å². The molecular formula is C23H20F2N4O5. The van der Waals surface area contributed by atoms with Crippen LogP contribution in [0.15, 0.2) is 60.7 Å². The highest BCUT2D eigenvalue weighted by Crippen LogP contribution is 2.22. The Hall–Kier alpha value is -4.67. The van der Waals surface area contributed by atoms with Gasteiger partial charge in [0, 0.05) is 29.1 Å². The number of rotatable bonds is 7. The SMILES string of the molecule is COc1ccc(NCC(=O)NNC(=O)c2ccc(NC(=O)c3cc(F)cc(F)c3)cc2O)cc1. The summed E-state index contributed by atoms with van der Waals surface area (Å²) in [7, 11) is 1.54. The van der Waals surface area contributed by atoms with Crippen LogP contribution in [0.3, 0.4) is 0 Å². The van der Waals surface area contributed by atoms with Gasteiger partial charge < -0.3 is 20.5 Å². The van der Waals surface area contributed by atoms with Gasteiger partial charge in [0.1, 0.15) is 23.1 Å². The van der Waals surface area contributed by atoms with Crippen LogP contribution in [0, 0.1) is 11.6 Å². The first-order valence-electron chi connectivity index (χ1n) is 9.82. The zero-order valence-corrected chi connectivity index (χ0v) is 17.8. The van der Waals surface area contributed by atoms with Gasteiger partial charge in [0.05, 0.1) is 19.2 Å². The second-order valence-corrected chi connectivity index (χ2v) is 6.93. The number of hydrogen-bond acceptors (Lipinski definition) is 6. The second kappa shape index (κ2) is 10.8. The van der Waals surface area contributed by atoms with Crippen LogP contribution in [0.5, 0.6) is 11.5 Å². The first kappa shape index (κ1) is 24.0. The lowest BCUT2D eigenvalue weighted by atomic mass is 10.1. The van der Waals surface area contributed by atoms with Crippen molar-refractivity contribution < 1.29 is 33.0 Å². The van der Waals surface area contributed by atoms with Gasteiger partial charge in [0.15, 0.2) is 0 Å². The lowest BCUT2D eigenvalue weighted by Gasteiger charge is -2.11. The smallest absolute Gasteiger partial charge is 0.273 e. The number of hydrazine groups is 1. The number of amides is 3. The van der Waals surface area contributed by atoms with Crippen molar-refractivity contribution in [2.75, 3.05) is 24.3 Å². The van der Waals surface area contributed by atoms with E-state index in [1.165, 1.54) is 19.2 Å². The zero-order chi connectivity index (χ0) is 24.7. The fourth-order valence-corrected chi connectivity index (χ4v) is 2.82. The van der Waals surface area contributed by atoms with E-state index >= 15 is 0 Å². The van der Waals surface area contributed by atoms with E-state index < -0.39 is 35.1 Å². The minimum Gasteiger partial charge on any atom is -0.507 e. The Morgan fingerprint density at radius 1 is 0.853 bits per heavy atom. The van der Waals surface area contributed by atoms with Crippen molar-refractivity contribution in [2.45, 2.75) is 0 Å². The Balaban J connectivity index is 1.52. The van der Waals surface area contributed by atoms with E-state index in [1.807, 2.05) is 0 Å². The van der Waals surface area contributed by atoms with Gasteiger partial charge in [-0.15, -0.1) is 0 Å². The minimum atomic E-state index is -0.915. The molecule has 0 saturated carbocycles. The van der Waals surface area contributed by atoms with Crippen LogP contribution < -0.4 is 26.2 Å². The van der Waals surface area contributed by atoms with Crippen LogP contribution in [0.25, 0.3) is 0 Å². The first-order chi connectivity index (χ1) is 16.2. The first-order valence-corrected chi connectivity index (χ1v) is 9.82. The van der Waals surface area contributed by atoms with E-state index in [0.717, 1.165) is 18.2 Å². The molecule has 0 aliphatic rings. The Morgan fingerprint density at radius 3 is 2.12 bits per heavy atom. The molecule has 0 aromatic heterocycles. The summed E-state index contributed by atoms with van der Waals surface area (Å²) >= 11 is 0. The van der Waals surface area contributed by atoms with Crippen molar-refractivity contribution in [1.82, 2.24) is 10.9 Å². The van der Waals surface area contributed by atoms with Gasteiger partial charge in [-0.05, 0) is 48.5 Å². The maximum absolute atomic E-state index is 13.3. The third kappa shape index (κ3) is 6.42. The standard InChI is InChI=1S/C23H20F2N4O5/c1-34-18-5-2-16(3-6-18)26-12-21(31)28-29-23(33)19-7-4-17(11-20(19)30)27-22(32)13-8-14(24)10-15(25)9-13/h2-11,26,30H,12H2,1H3,(H,27,32)(H,28,31)(H,29,33). The molecule has 0 aliphatic carbocycles. The molecule has 34 heavy (non-hydrogen) atoms. The molecule has 5 N–H and O–H groups in total. The number of nitrogens with one attached hydrogen (secondary N) is 4. The molecule has 9 nitrogen and oxygen atoms in total. The van der Waals surface area contributed by atoms with Gasteiger partial charge in [-0.2, -0.15) is 0 Å². The van der Waals surface area contributed by atoms with Crippen LogP contribution in [0.1, 0.15) is 20.7 Å². The largest absolute Gasteiger partial charge is 0.507 e. The van der Waals surface area contributed by atoms with Crippen molar-refractivity contribution in [3.63, 3.8) is 0 Å². The summed E-state index contributed by atoms with van der Waals surface area (Å²) in [6, 6.07) is 12.8. The molecular weight excluding hydrogens is 450 g/mol. The molecule has 3 rings (SSSR count). The number of ether oxygens (including phenoxy) is 1. The van der Waals surface area contributed by atoms with Crippen molar-refractivity contribution in [1.29, 1.82) is 0 Å². The lowest BCUT2D eigenvalue weighted by Crippen LogP contribution is -2.44. The molecule has 176 valence electrons. The molecule has 0 aliphatic heterocycles. The average Bonchev–Trinajstić information content (AvgIpc) is 2.81. The molecule has 0 unspecified atom stereocenters. The van der Waals surface area contributed by atoms with Gasteiger partial charge in [-0.1, -0.05) is 0 Å². The molecule has 0 fully saturated rings. The van der Waals surface area contributed by atoms with E-state index in [0.29, 0.717) is 17.5 Å². The topological polar surface area (TPSA) is 129 Å². The monoisotopic (exact) mass is 470 g/mol. The van der Waals surface area contributed by atoms with Gasteiger partial charge in [-0.25, -0.2) is 8.78 Å². The number of anilines is 2. The Bertz CT molecular complexity index is 1200. The quantitative estimate of drug-likeness (QED) is 0.338. The summed E-state index contributed by atoms with van der Waals surface area (Å²) in [5.41, 5.74) is 4.67. The highest BCUT2D eigenvalue weighted by molar-refractivity contribution is 6.05. The summed E-state index contributed by atoms with van der Waals surface area (Å²) in [5, 5.41) is 15.3. The number of phenols is 1. The van der Waals surface area contributed by atoms with E-state index in [-0.39, 0.29) is 23.4 Å². The molecule has 0 heterocycles. The summed E-state index contributed by atoms with van der Waals surface area (Å²) in [5.74, 6) is -3.83. The summed E-state index contributed by atoms with van der Waals surface area (Å²) in [6.07, 6.45) is 0. The normalized spacial score (nSPS) is 10.2. The highest BCUT2D eigenvalue weighted by atomic mass is 19.1. The fourth-order valence-electron chi connectivity index (χ4n) is 2.82. The van der Waals surface area contributed by atoms with Crippen LogP contribution in [-0.4, -0.2) is 36.5 Å². The van der Waals surface area contributed by atoms with Crippen molar-refractivity contribution in [3.8, 4) is 11.5 Å². The van der Waals surface area contributed by atoms with E-state index in [9.17, 15) is 28.3 Å². The fraction of sp³-hybridized carbons (Fsp3) is 0.0870. The maximum atomic E-state index is 13.3. The van der Waals surface area contributed by atoms with E-state index in [1.54, 1.807) is 24.3 Å². The van der Waals surface area contributed by atoms with Crippen molar-refractivity contribution in [2.24, 2.45) is 0 Å². The third-order valence-electron chi connectivity index (χ3n) is 4.48. The lowest BCUT2D eigenvalue weighted by molar-refractivity contribution is -0.120. The van der Waals surface area contributed by atoms with Gasteiger partial charge in [0.25, 0.3) is 17.7 Å². The molecule has 3 aromatic carbocycles. The maximum Gasteiger partial charge on any atom is 0.273 e. The molecule has 0 saturated heterocycles. The number of methoxy groups -OCH3 is 1. The number of phenolic OH excluding ortho intramolecular Hbond substituents is 1. The van der Waals surface area contributed by atoms with Crippen LogP contribution in [0.2, 0.25) is 0 Å². The third-order valence-corrected chi connectivity index (χ3v) is 4.48. The Kier molecular flexibility index (Phi) is 7.60. The van der Waals surface area contributed by atoms with Gasteiger partial charge in [-0.3, -0.25) is 25.2 Å². The van der Waals surface area contributed by atoms with Crippen LogP contribution in [0.4, 0.5) is 20.2 Å². The number of carbonyl (C=O) groups excluding carboxylic acids is 3. The number of carbonyl (C=O) groups is 3. The average molecular weight is 470 g/mol. The predicted octanol–water partition coefficient (Wildman–Crippen LogP) is 2.80. The molecule has 0 bridgehead atoms.